The second-order valence-electron chi connectivity index (χ2n) is 2.37. The lowest BCUT2D eigenvalue weighted by atomic mass is 10.6. The van der Waals surface area contributed by atoms with Gasteiger partial charge in [0.2, 0.25) is 11.9 Å². The van der Waals surface area contributed by atoms with E-state index in [1.54, 1.807) is 13.0 Å². The molecule has 0 radical (unpaired) electrons. The Morgan fingerprint density at radius 2 is 2.36 bits per heavy atom. The first kappa shape index (κ1) is 9.94. The first-order chi connectivity index (χ1) is 6.76. The summed E-state index contributed by atoms with van der Waals surface area (Å²) < 4.78 is 0. The van der Waals surface area contributed by atoms with Crippen molar-refractivity contribution in [3.8, 4) is 0 Å². The quantitative estimate of drug-likeness (QED) is 0.339. The van der Waals surface area contributed by atoms with E-state index in [4.69, 9.17) is 5.53 Å². The molecule has 1 aromatic heterocycles. The van der Waals surface area contributed by atoms with Crippen LogP contribution in [0.5, 0.6) is 0 Å². The van der Waals surface area contributed by atoms with Gasteiger partial charge in [-0.15, -0.1) is 6.58 Å². The molecule has 1 N–H and O–H groups in total. The first-order valence-electron chi connectivity index (χ1n) is 3.89. The summed E-state index contributed by atoms with van der Waals surface area (Å²) in [5, 5.41) is 6.16. The van der Waals surface area contributed by atoms with Crippen molar-refractivity contribution in [1.29, 1.82) is 0 Å². The maximum absolute atomic E-state index is 8.20. The van der Waals surface area contributed by atoms with Gasteiger partial charge in [0.25, 0.3) is 0 Å². The summed E-state index contributed by atoms with van der Waals surface area (Å²) in [6.45, 7) is 5.77. The van der Waals surface area contributed by atoms with Crippen LogP contribution in [0.25, 0.3) is 10.4 Å². The Morgan fingerprint density at radius 1 is 1.57 bits per heavy atom. The summed E-state index contributed by atoms with van der Waals surface area (Å²) in [6.07, 6.45) is 1.67. The van der Waals surface area contributed by atoms with E-state index in [2.05, 4.69) is 36.9 Å². The zero-order valence-corrected chi connectivity index (χ0v) is 7.67. The molecule has 14 heavy (non-hydrogen) atoms. The molecule has 0 unspecified atom stereocenters. The van der Waals surface area contributed by atoms with E-state index in [0.29, 0.717) is 18.3 Å². The van der Waals surface area contributed by atoms with Crippen LogP contribution in [0, 0.1) is 6.92 Å². The molecular formula is C7H9N7. The average molecular weight is 191 g/mol. The molecule has 0 aliphatic carbocycles. The van der Waals surface area contributed by atoms with Crippen LogP contribution in [0.2, 0.25) is 0 Å². The minimum Gasteiger partial charge on any atom is -0.351 e. The number of aromatic nitrogens is 3. The fourth-order valence-electron chi connectivity index (χ4n) is 0.795. The van der Waals surface area contributed by atoms with Crippen LogP contribution in [0.15, 0.2) is 17.8 Å². The summed E-state index contributed by atoms with van der Waals surface area (Å²) in [5.41, 5.74) is 8.20. The van der Waals surface area contributed by atoms with E-state index in [9.17, 15) is 0 Å². The summed E-state index contributed by atoms with van der Waals surface area (Å²) in [6, 6.07) is 0. The molecule has 1 aromatic rings. The topological polar surface area (TPSA) is 99.5 Å². The highest BCUT2D eigenvalue weighted by Gasteiger charge is 1.99. The monoisotopic (exact) mass is 191 g/mol. The second kappa shape index (κ2) is 4.78. The predicted molar refractivity (Wildman–Crippen MR) is 52.1 cm³/mol. The van der Waals surface area contributed by atoms with Gasteiger partial charge >= 0.3 is 0 Å². The molecule has 0 saturated heterocycles. The minimum absolute atomic E-state index is 0.0616. The molecule has 7 heteroatoms. The van der Waals surface area contributed by atoms with Crippen molar-refractivity contribution < 1.29 is 0 Å². The molecule has 1 rings (SSSR count). The van der Waals surface area contributed by atoms with Gasteiger partial charge in [-0.1, -0.05) is 6.08 Å². The fraction of sp³-hybridized carbons (Fsp3) is 0.286. The minimum atomic E-state index is 0.0616. The van der Waals surface area contributed by atoms with Crippen LogP contribution in [0.1, 0.15) is 5.82 Å². The number of hydrogen-bond donors (Lipinski definition) is 1. The van der Waals surface area contributed by atoms with Crippen molar-refractivity contribution in [2.24, 2.45) is 5.11 Å². The summed E-state index contributed by atoms with van der Waals surface area (Å²) in [7, 11) is 0. The Hall–Kier alpha value is -2.14. The maximum Gasteiger partial charge on any atom is 0.226 e. The molecule has 0 aliphatic rings. The van der Waals surface area contributed by atoms with Gasteiger partial charge in [0.05, 0.1) is 0 Å². The van der Waals surface area contributed by atoms with E-state index in [-0.39, 0.29) is 5.95 Å². The number of nitrogens with one attached hydrogen (secondary N) is 1. The van der Waals surface area contributed by atoms with E-state index >= 15 is 0 Å². The second-order valence-corrected chi connectivity index (χ2v) is 2.37. The fourth-order valence-corrected chi connectivity index (χ4v) is 0.795. The molecule has 1 heterocycles. The number of azide groups is 1. The Bertz CT molecular complexity index is 380. The Morgan fingerprint density at radius 3 is 3.00 bits per heavy atom. The normalized spacial score (nSPS) is 8.93. The van der Waals surface area contributed by atoms with Crippen molar-refractivity contribution in [1.82, 2.24) is 15.0 Å². The zero-order valence-electron chi connectivity index (χ0n) is 7.67. The van der Waals surface area contributed by atoms with Gasteiger partial charge in [0, 0.05) is 11.5 Å². The third kappa shape index (κ3) is 2.72. The first-order valence-corrected chi connectivity index (χ1v) is 3.89. The van der Waals surface area contributed by atoms with Crippen molar-refractivity contribution >= 4 is 11.9 Å². The molecular weight excluding hydrogens is 182 g/mol. The average Bonchev–Trinajstić information content (AvgIpc) is 2.14. The molecule has 0 spiro atoms. The van der Waals surface area contributed by atoms with Crippen LogP contribution in [-0.4, -0.2) is 21.5 Å². The molecule has 7 nitrogen and oxygen atoms in total. The number of anilines is 1. The predicted octanol–water partition coefficient (Wildman–Crippen LogP) is 1.72. The SMILES string of the molecule is C=CCNc1nc(C)nc(N=[N+]=[N-])n1. The Kier molecular flexibility index (Phi) is 3.40. The standard InChI is InChI=1S/C7H9N7/c1-3-4-9-6-10-5(2)11-7(12-6)13-14-8/h3H,1,4H2,2H3,(H,9,10,11,12). The largest absolute Gasteiger partial charge is 0.351 e. The highest BCUT2D eigenvalue weighted by molar-refractivity contribution is 5.30. The van der Waals surface area contributed by atoms with Gasteiger partial charge in [0.15, 0.2) is 0 Å². The smallest absolute Gasteiger partial charge is 0.226 e. The highest BCUT2D eigenvalue weighted by Crippen LogP contribution is 2.07. The number of aryl methyl sites for hydroxylation is 1. The Balaban J connectivity index is 2.94. The molecule has 0 fully saturated rings. The molecule has 0 atom stereocenters. The van der Waals surface area contributed by atoms with Gasteiger partial charge in [0.1, 0.15) is 5.82 Å². The van der Waals surface area contributed by atoms with Gasteiger partial charge in [-0.3, -0.25) is 0 Å². The van der Waals surface area contributed by atoms with E-state index in [1.165, 1.54) is 0 Å². The summed E-state index contributed by atoms with van der Waals surface area (Å²) >= 11 is 0. The van der Waals surface area contributed by atoms with Gasteiger partial charge in [-0.05, 0) is 17.6 Å². The molecule has 0 amide bonds. The van der Waals surface area contributed by atoms with E-state index < -0.39 is 0 Å². The van der Waals surface area contributed by atoms with Gasteiger partial charge < -0.3 is 5.32 Å². The lowest BCUT2D eigenvalue weighted by Crippen LogP contribution is -2.04. The highest BCUT2D eigenvalue weighted by atomic mass is 15.3. The molecule has 0 aromatic carbocycles. The van der Waals surface area contributed by atoms with Crippen LogP contribution < -0.4 is 5.32 Å². The van der Waals surface area contributed by atoms with Gasteiger partial charge in [-0.25, -0.2) is 4.98 Å². The van der Waals surface area contributed by atoms with E-state index in [0.717, 1.165) is 0 Å². The number of hydrogen-bond acceptors (Lipinski definition) is 5. The molecule has 0 aliphatic heterocycles. The van der Waals surface area contributed by atoms with Crippen molar-refractivity contribution in [2.75, 3.05) is 11.9 Å². The van der Waals surface area contributed by atoms with Crippen LogP contribution in [0.4, 0.5) is 11.9 Å². The van der Waals surface area contributed by atoms with Crippen LogP contribution >= 0.6 is 0 Å². The Labute approximate surface area is 80.5 Å². The summed E-state index contributed by atoms with van der Waals surface area (Å²) in [5.74, 6) is 0.931. The zero-order chi connectivity index (χ0) is 10.4. The molecule has 0 saturated carbocycles. The lowest BCUT2D eigenvalue weighted by Gasteiger charge is -2.01. The van der Waals surface area contributed by atoms with Crippen LogP contribution in [0.3, 0.4) is 0 Å². The third-order valence-electron chi connectivity index (χ3n) is 1.27. The summed E-state index contributed by atoms with van der Waals surface area (Å²) in [4.78, 5) is 14.3. The van der Waals surface area contributed by atoms with E-state index in [1.807, 2.05) is 0 Å². The van der Waals surface area contributed by atoms with Crippen molar-refractivity contribution in [2.45, 2.75) is 6.92 Å². The third-order valence-corrected chi connectivity index (χ3v) is 1.27. The maximum atomic E-state index is 8.20. The van der Waals surface area contributed by atoms with Crippen molar-refractivity contribution in [3.05, 3.63) is 28.9 Å². The number of nitrogens with zero attached hydrogens (tertiary/aromatic N) is 6. The number of rotatable bonds is 4. The lowest BCUT2D eigenvalue weighted by molar-refractivity contribution is 0.962. The van der Waals surface area contributed by atoms with Crippen molar-refractivity contribution in [3.63, 3.8) is 0 Å². The molecule has 0 bridgehead atoms. The van der Waals surface area contributed by atoms with Gasteiger partial charge in [-0.2, -0.15) is 9.97 Å². The van der Waals surface area contributed by atoms with Crippen LogP contribution in [-0.2, 0) is 0 Å². The molecule has 72 valence electrons.